The Balaban J connectivity index is 1.90. The molecule has 1 N–H and O–H groups in total. The molecule has 6 heteroatoms. The summed E-state index contributed by atoms with van der Waals surface area (Å²) in [5, 5.41) is 3.45. The van der Waals surface area contributed by atoms with Gasteiger partial charge in [0.1, 0.15) is 5.76 Å². The molecule has 0 spiro atoms. The molecule has 0 radical (unpaired) electrons. The van der Waals surface area contributed by atoms with Gasteiger partial charge in [0.05, 0.1) is 6.54 Å². The third-order valence-corrected chi connectivity index (χ3v) is 3.10. The Morgan fingerprint density at radius 3 is 2.44 bits per heavy atom. The molecule has 0 saturated carbocycles. The monoisotopic (exact) mass is 289 g/mol. The van der Waals surface area contributed by atoms with Gasteiger partial charge >= 0.3 is 0 Å². The maximum absolute atomic E-state index is 12.1. The Labute approximate surface area is 112 Å². The van der Waals surface area contributed by atoms with Crippen molar-refractivity contribution >= 4 is 29.1 Å². The van der Waals surface area contributed by atoms with Gasteiger partial charge in [0.15, 0.2) is 5.22 Å². The van der Waals surface area contributed by atoms with E-state index in [1.54, 1.807) is 36.4 Å². The van der Waals surface area contributed by atoms with Crippen LogP contribution < -0.4 is 5.32 Å². The summed E-state index contributed by atoms with van der Waals surface area (Å²) in [6.45, 7) is 0.494. The lowest BCUT2D eigenvalue weighted by Gasteiger charge is -2.05. The van der Waals surface area contributed by atoms with E-state index in [4.69, 9.17) is 16.0 Å². The van der Waals surface area contributed by atoms with E-state index in [2.05, 4.69) is 5.32 Å². The number of rotatable bonds is 5. The van der Waals surface area contributed by atoms with Crippen LogP contribution in [0.2, 0.25) is 5.22 Å². The van der Waals surface area contributed by atoms with Crippen LogP contribution in [0.3, 0.4) is 0 Å². The Kier molecular flexibility index (Phi) is 4.49. The zero-order valence-electron chi connectivity index (χ0n) is 9.20. The fourth-order valence-corrected chi connectivity index (χ4v) is 2.05. The van der Waals surface area contributed by atoms with Crippen LogP contribution in [0.15, 0.2) is 45.7 Å². The molecule has 96 valence electrons. The second kappa shape index (κ2) is 6.11. The molecule has 0 amide bonds. The zero-order chi connectivity index (χ0) is 13.0. The van der Waals surface area contributed by atoms with Crippen LogP contribution in [0.25, 0.3) is 0 Å². The summed E-state index contributed by atoms with van der Waals surface area (Å²) in [7, 11) is 0. The maximum atomic E-state index is 12.1. The number of furan rings is 1. The van der Waals surface area contributed by atoms with Crippen molar-refractivity contribution in [2.75, 3.05) is 5.32 Å². The third-order valence-electron chi connectivity index (χ3n) is 2.18. The molecule has 0 saturated heterocycles. The van der Waals surface area contributed by atoms with Gasteiger partial charge in [-0.2, -0.15) is 8.78 Å². The number of nitrogens with one attached hydrogen (secondary N) is 1. The molecule has 0 atom stereocenters. The van der Waals surface area contributed by atoms with Gasteiger partial charge in [-0.15, -0.1) is 0 Å². The number of hydrogen-bond donors (Lipinski definition) is 1. The minimum Gasteiger partial charge on any atom is -0.448 e. The number of benzene rings is 1. The summed E-state index contributed by atoms with van der Waals surface area (Å²) >= 11 is 6.17. The average Bonchev–Trinajstić information content (AvgIpc) is 2.74. The van der Waals surface area contributed by atoms with E-state index in [9.17, 15) is 8.78 Å². The fourth-order valence-electron chi connectivity index (χ4n) is 1.39. The molecule has 18 heavy (non-hydrogen) atoms. The molecule has 0 aliphatic rings. The van der Waals surface area contributed by atoms with Gasteiger partial charge in [-0.3, -0.25) is 0 Å². The number of alkyl halides is 2. The summed E-state index contributed by atoms with van der Waals surface area (Å²) in [5.41, 5.74) is 0.834. The Morgan fingerprint density at radius 1 is 1.17 bits per heavy atom. The molecular formula is C12H10ClF2NOS. The molecule has 2 aromatic rings. The normalized spacial score (nSPS) is 10.9. The van der Waals surface area contributed by atoms with Gasteiger partial charge in [-0.05, 0) is 48.0 Å². The largest absolute Gasteiger partial charge is 0.448 e. The van der Waals surface area contributed by atoms with Gasteiger partial charge in [0, 0.05) is 10.6 Å². The Morgan fingerprint density at radius 2 is 1.89 bits per heavy atom. The molecule has 0 aliphatic carbocycles. The van der Waals surface area contributed by atoms with Crippen LogP contribution in [0, 0.1) is 0 Å². The topological polar surface area (TPSA) is 25.2 Å². The smallest absolute Gasteiger partial charge is 0.288 e. The molecule has 1 aromatic carbocycles. The standard InChI is InChI=1S/C12H10ClF2NOS/c13-11-6-3-9(17-11)7-16-8-1-4-10(5-2-8)18-12(14)15/h1-6,12,16H,7H2. The SMILES string of the molecule is FC(F)Sc1ccc(NCc2ccc(Cl)o2)cc1. The van der Waals surface area contributed by atoms with Crippen molar-refractivity contribution in [3.05, 3.63) is 47.4 Å². The summed E-state index contributed by atoms with van der Waals surface area (Å²) in [6, 6.07) is 10.2. The Hall–Kier alpha value is -1.20. The van der Waals surface area contributed by atoms with Crippen LogP contribution in [-0.2, 0) is 6.54 Å². The first-order valence-electron chi connectivity index (χ1n) is 5.16. The minimum atomic E-state index is -2.39. The van der Waals surface area contributed by atoms with Crippen molar-refractivity contribution in [1.82, 2.24) is 0 Å². The van der Waals surface area contributed by atoms with E-state index in [-0.39, 0.29) is 0 Å². The van der Waals surface area contributed by atoms with Gasteiger partial charge in [-0.25, -0.2) is 0 Å². The molecule has 0 unspecified atom stereocenters. The highest BCUT2D eigenvalue weighted by Gasteiger charge is 2.05. The number of halogens is 3. The molecule has 2 nitrogen and oxygen atoms in total. The molecule has 0 fully saturated rings. The molecule has 0 bridgehead atoms. The fraction of sp³-hybridized carbons (Fsp3) is 0.167. The van der Waals surface area contributed by atoms with Crippen molar-refractivity contribution in [2.45, 2.75) is 17.2 Å². The van der Waals surface area contributed by atoms with E-state index >= 15 is 0 Å². The van der Waals surface area contributed by atoms with Crippen molar-refractivity contribution < 1.29 is 13.2 Å². The molecular weight excluding hydrogens is 280 g/mol. The lowest BCUT2D eigenvalue weighted by atomic mass is 10.3. The van der Waals surface area contributed by atoms with E-state index in [1.165, 1.54) is 0 Å². The molecule has 0 aliphatic heterocycles. The average molecular weight is 290 g/mol. The first-order chi connectivity index (χ1) is 8.63. The molecule has 2 rings (SSSR count). The van der Waals surface area contributed by atoms with Crippen molar-refractivity contribution in [3.8, 4) is 0 Å². The summed E-state index contributed by atoms with van der Waals surface area (Å²) in [5.74, 6) is -1.68. The predicted octanol–water partition coefficient (Wildman–Crippen LogP) is 4.86. The van der Waals surface area contributed by atoms with Crippen LogP contribution in [0.1, 0.15) is 5.76 Å². The van der Waals surface area contributed by atoms with Crippen LogP contribution >= 0.6 is 23.4 Å². The highest BCUT2D eigenvalue weighted by molar-refractivity contribution is 7.99. The minimum absolute atomic E-state index is 0.343. The van der Waals surface area contributed by atoms with Crippen LogP contribution in [-0.4, -0.2) is 5.76 Å². The summed E-state index contributed by atoms with van der Waals surface area (Å²) in [6.07, 6.45) is 0. The summed E-state index contributed by atoms with van der Waals surface area (Å²) < 4.78 is 29.4. The highest BCUT2D eigenvalue weighted by atomic mass is 35.5. The van der Waals surface area contributed by atoms with Crippen LogP contribution in [0.5, 0.6) is 0 Å². The molecule has 1 aromatic heterocycles. The van der Waals surface area contributed by atoms with Crippen molar-refractivity contribution in [1.29, 1.82) is 0 Å². The zero-order valence-corrected chi connectivity index (χ0v) is 10.8. The number of thioether (sulfide) groups is 1. The van der Waals surface area contributed by atoms with E-state index in [0.717, 1.165) is 5.69 Å². The van der Waals surface area contributed by atoms with E-state index < -0.39 is 5.76 Å². The maximum Gasteiger partial charge on any atom is 0.288 e. The summed E-state index contributed by atoms with van der Waals surface area (Å²) in [4.78, 5) is 0.539. The van der Waals surface area contributed by atoms with Crippen molar-refractivity contribution in [3.63, 3.8) is 0 Å². The number of anilines is 1. The second-order valence-electron chi connectivity index (χ2n) is 3.46. The second-order valence-corrected chi connectivity index (χ2v) is 4.90. The quantitative estimate of drug-likeness (QED) is 0.796. The highest BCUT2D eigenvalue weighted by Crippen LogP contribution is 2.26. The lowest BCUT2D eigenvalue weighted by molar-refractivity contribution is 0.252. The van der Waals surface area contributed by atoms with Gasteiger partial charge in [0.25, 0.3) is 5.76 Å². The first-order valence-corrected chi connectivity index (χ1v) is 6.42. The van der Waals surface area contributed by atoms with Gasteiger partial charge < -0.3 is 9.73 Å². The predicted molar refractivity (Wildman–Crippen MR) is 69.3 cm³/mol. The lowest BCUT2D eigenvalue weighted by Crippen LogP contribution is -1.97. The third kappa shape index (κ3) is 3.92. The first kappa shape index (κ1) is 13.2. The van der Waals surface area contributed by atoms with Gasteiger partial charge in [0.2, 0.25) is 0 Å². The Bertz CT molecular complexity index is 501. The van der Waals surface area contributed by atoms with Gasteiger partial charge in [-0.1, -0.05) is 11.8 Å². The van der Waals surface area contributed by atoms with Crippen molar-refractivity contribution in [2.24, 2.45) is 0 Å². The number of hydrogen-bond acceptors (Lipinski definition) is 3. The molecule has 1 heterocycles. The van der Waals surface area contributed by atoms with Crippen LogP contribution in [0.4, 0.5) is 14.5 Å². The van der Waals surface area contributed by atoms with E-state index in [1.807, 2.05) is 0 Å². The van der Waals surface area contributed by atoms with E-state index in [0.29, 0.717) is 34.2 Å².